The third-order valence-electron chi connectivity index (χ3n) is 2.73. The molecule has 4 heteroatoms. The first-order chi connectivity index (χ1) is 8.38. The zero-order valence-electron chi connectivity index (χ0n) is 9.54. The van der Waals surface area contributed by atoms with E-state index in [0.717, 1.165) is 23.1 Å². The van der Waals surface area contributed by atoms with Crippen LogP contribution in [0.3, 0.4) is 0 Å². The third-order valence-corrected chi connectivity index (χ3v) is 2.73. The van der Waals surface area contributed by atoms with E-state index in [1.54, 1.807) is 6.20 Å². The van der Waals surface area contributed by atoms with E-state index >= 15 is 0 Å². The van der Waals surface area contributed by atoms with Crippen LogP contribution >= 0.6 is 0 Å². The molecule has 84 valence electrons. The number of aryl methyl sites for hydroxylation is 1. The van der Waals surface area contributed by atoms with Crippen molar-refractivity contribution in [2.45, 2.75) is 13.3 Å². The molecular weight excluding hydrogens is 212 g/mol. The van der Waals surface area contributed by atoms with E-state index in [1.165, 1.54) is 0 Å². The van der Waals surface area contributed by atoms with Gasteiger partial charge in [-0.3, -0.25) is 4.57 Å². The molecule has 0 amide bonds. The molecule has 0 bridgehead atoms. The second kappa shape index (κ2) is 3.97. The maximum Gasteiger partial charge on any atom is 0.235 e. The quantitative estimate of drug-likeness (QED) is 0.671. The molecule has 0 saturated carbocycles. The molecule has 2 aromatic heterocycles. The first kappa shape index (κ1) is 9.96. The normalized spacial score (nSPS) is 10.9. The van der Waals surface area contributed by atoms with Crippen molar-refractivity contribution in [2.24, 2.45) is 0 Å². The van der Waals surface area contributed by atoms with Crippen molar-refractivity contribution in [2.75, 3.05) is 0 Å². The summed E-state index contributed by atoms with van der Waals surface area (Å²) >= 11 is 0. The van der Waals surface area contributed by atoms with E-state index in [-0.39, 0.29) is 0 Å². The summed E-state index contributed by atoms with van der Waals surface area (Å²) in [5.74, 6) is 1.65. The topological polar surface area (TPSA) is 43.6 Å². The molecule has 3 aromatic rings. The van der Waals surface area contributed by atoms with Gasteiger partial charge in [0.25, 0.3) is 0 Å². The first-order valence-electron chi connectivity index (χ1n) is 5.63. The minimum Gasteiger partial charge on any atom is -0.272 e. The van der Waals surface area contributed by atoms with E-state index in [2.05, 4.69) is 21.9 Å². The lowest BCUT2D eigenvalue weighted by Gasteiger charge is -2.05. The fraction of sp³-hybridized carbons (Fsp3) is 0.154. The molecule has 0 radical (unpaired) electrons. The van der Waals surface area contributed by atoms with Crippen LogP contribution in [0, 0.1) is 0 Å². The molecule has 0 aliphatic rings. The van der Waals surface area contributed by atoms with Crippen LogP contribution in [0.4, 0.5) is 0 Å². The lowest BCUT2D eigenvalue weighted by Crippen LogP contribution is -2.04. The summed E-state index contributed by atoms with van der Waals surface area (Å²) in [5, 5.41) is 1.05. The summed E-state index contributed by atoms with van der Waals surface area (Å²) in [6, 6.07) is 7.96. The lowest BCUT2D eigenvalue weighted by molar-refractivity contribution is 0.842. The van der Waals surface area contributed by atoms with Gasteiger partial charge in [-0.15, -0.1) is 0 Å². The Morgan fingerprint density at radius 3 is 2.94 bits per heavy atom. The number of fused-ring (bicyclic) bond motifs is 1. The van der Waals surface area contributed by atoms with E-state index in [4.69, 9.17) is 0 Å². The predicted molar refractivity (Wildman–Crippen MR) is 66.0 cm³/mol. The minimum atomic E-state index is 0.679. The number of hydrogen-bond acceptors (Lipinski definition) is 3. The van der Waals surface area contributed by atoms with Crippen LogP contribution in [-0.2, 0) is 6.42 Å². The summed E-state index contributed by atoms with van der Waals surface area (Å²) < 4.78 is 1.92. The first-order valence-corrected chi connectivity index (χ1v) is 5.63. The van der Waals surface area contributed by atoms with Crippen molar-refractivity contribution in [1.82, 2.24) is 19.5 Å². The third kappa shape index (κ3) is 1.67. The SMILES string of the molecule is CCc1nccn1-c1ncc2ccccc2n1. The molecular formula is C13H12N4. The lowest BCUT2D eigenvalue weighted by atomic mass is 10.2. The highest BCUT2D eigenvalue weighted by Crippen LogP contribution is 2.13. The Bertz CT molecular complexity index is 657. The van der Waals surface area contributed by atoms with Gasteiger partial charge in [0.1, 0.15) is 5.82 Å². The average Bonchev–Trinajstić information content (AvgIpc) is 2.86. The highest BCUT2D eigenvalue weighted by molar-refractivity contribution is 5.77. The Hall–Kier alpha value is -2.23. The predicted octanol–water partition coefficient (Wildman–Crippen LogP) is 2.38. The van der Waals surface area contributed by atoms with Crippen LogP contribution in [0.2, 0.25) is 0 Å². The Kier molecular flexibility index (Phi) is 2.33. The zero-order chi connectivity index (χ0) is 11.7. The van der Waals surface area contributed by atoms with Crippen LogP contribution in [0.25, 0.3) is 16.9 Å². The molecule has 2 heterocycles. The van der Waals surface area contributed by atoms with Crippen molar-refractivity contribution in [3.05, 3.63) is 48.7 Å². The monoisotopic (exact) mass is 224 g/mol. The molecule has 0 unspecified atom stereocenters. The standard InChI is InChI=1S/C13H12N4/c1-2-12-14-7-8-17(12)13-15-9-10-5-3-4-6-11(10)16-13/h3-9H,2H2,1H3. The molecule has 0 N–H and O–H groups in total. The molecule has 4 nitrogen and oxygen atoms in total. The summed E-state index contributed by atoms with van der Waals surface area (Å²) in [6.07, 6.45) is 6.38. The maximum absolute atomic E-state index is 4.54. The van der Waals surface area contributed by atoms with Gasteiger partial charge >= 0.3 is 0 Å². The Morgan fingerprint density at radius 2 is 2.06 bits per heavy atom. The van der Waals surface area contributed by atoms with Crippen LogP contribution < -0.4 is 0 Å². The molecule has 3 rings (SSSR count). The van der Waals surface area contributed by atoms with Gasteiger partial charge < -0.3 is 0 Å². The van der Waals surface area contributed by atoms with Crippen molar-refractivity contribution < 1.29 is 0 Å². The Morgan fingerprint density at radius 1 is 1.18 bits per heavy atom. The number of aromatic nitrogens is 4. The number of benzene rings is 1. The number of hydrogen-bond donors (Lipinski definition) is 0. The van der Waals surface area contributed by atoms with Gasteiger partial charge in [-0.05, 0) is 6.07 Å². The van der Waals surface area contributed by atoms with Crippen LogP contribution in [0.5, 0.6) is 0 Å². The van der Waals surface area contributed by atoms with Crippen molar-refractivity contribution in [3.63, 3.8) is 0 Å². The Labute approximate surface area is 99.0 Å². The smallest absolute Gasteiger partial charge is 0.235 e. The van der Waals surface area contributed by atoms with Crippen molar-refractivity contribution in [1.29, 1.82) is 0 Å². The number of para-hydroxylation sites is 1. The fourth-order valence-electron chi connectivity index (χ4n) is 1.86. The van der Waals surface area contributed by atoms with E-state index in [1.807, 2.05) is 41.2 Å². The summed E-state index contributed by atoms with van der Waals surface area (Å²) in [4.78, 5) is 13.2. The summed E-state index contributed by atoms with van der Waals surface area (Å²) in [7, 11) is 0. The molecule has 1 aromatic carbocycles. The number of imidazole rings is 1. The van der Waals surface area contributed by atoms with Gasteiger partial charge in [0.15, 0.2) is 0 Å². The van der Waals surface area contributed by atoms with Crippen LogP contribution in [-0.4, -0.2) is 19.5 Å². The minimum absolute atomic E-state index is 0.679. The number of rotatable bonds is 2. The average molecular weight is 224 g/mol. The van der Waals surface area contributed by atoms with E-state index in [0.29, 0.717) is 5.95 Å². The molecule has 0 spiro atoms. The van der Waals surface area contributed by atoms with Crippen LogP contribution in [0.1, 0.15) is 12.7 Å². The van der Waals surface area contributed by atoms with Gasteiger partial charge in [0, 0.05) is 30.4 Å². The summed E-state index contributed by atoms with van der Waals surface area (Å²) in [6.45, 7) is 2.07. The van der Waals surface area contributed by atoms with Gasteiger partial charge in [-0.1, -0.05) is 25.1 Å². The molecule has 0 aliphatic carbocycles. The second-order valence-electron chi connectivity index (χ2n) is 3.80. The molecule has 0 atom stereocenters. The second-order valence-corrected chi connectivity index (χ2v) is 3.80. The Balaban J connectivity index is 2.18. The molecule has 0 aliphatic heterocycles. The molecule has 0 saturated heterocycles. The highest BCUT2D eigenvalue weighted by Gasteiger charge is 2.06. The van der Waals surface area contributed by atoms with E-state index in [9.17, 15) is 0 Å². The van der Waals surface area contributed by atoms with Gasteiger partial charge in [0.2, 0.25) is 5.95 Å². The van der Waals surface area contributed by atoms with Gasteiger partial charge in [-0.2, -0.15) is 0 Å². The largest absolute Gasteiger partial charge is 0.272 e. The van der Waals surface area contributed by atoms with Gasteiger partial charge in [-0.25, -0.2) is 15.0 Å². The van der Waals surface area contributed by atoms with Crippen molar-refractivity contribution in [3.8, 4) is 5.95 Å². The van der Waals surface area contributed by atoms with Crippen LogP contribution in [0.15, 0.2) is 42.9 Å². The summed E-state index contributed by atoms with van der Waals surface area (Å²) in [5.41, 5.74) is 0.952. The zero-order valence-corrected chi connectivity index (χ0v) is 9.54. The highest BCUT2D eigenvalue weighted by atomic mass is 15.2. The molecule has 17 heavy (non-hydrogen) atoms. The maximum atomic E-state index is 4.54. The molecule has 0 fully saturated rings. The number of nitrogens with zero attached hydrogens (tertiary/aromatic N) is 4. The van der Waals surface area contributed by atoms with Crippen molar-refractivity contribution >= 4 is 10.9 Å². The fourth-order valence-corrected chi connectivity index (χ4v) is 1.86. The van der Waals surface area contributed by atoms with E-state index < -0.39 is 0 Å². The van der Waals surface area contributed by atoms with Gasteiger partial charge in [0.05, 0.1) is 5.52 Å².